The number of nitro benzene ring substituents is 1. The van der Waals surface area contributed by atoms with Crippen LogP contribution in [0.4, 0.5) is 11.4 Å². The number of nitrogens with one attached hydrogen (secondary N) is 1. The van der Waals surface area contributed by atoms with Crippen LogP contribution in [0.2, 0.25) is 0 Å². The maximum absolute atomic E-state index is 11.2. The van der Waals surface area contributed by atoms with Gasteiger partial charge in [-0.1, -0.05) is 6.07 Å². The van der Waals surface area contributed by atoms with Gasteiger partial charge in [0.25, 0.3) is 5.69 Å². The first-order valence-electron chi connectivity index (χ1n) is 4.45. The van der Waals surface area contributed by atoms with Crippen molar-refractivity contribution < 1.29 is 19.6 Å². The van der Waals surface area contributed by atoms with E-state index in [0.29, 0.717) is 6.08 Å². The Labute approximate surface area is 95.5 Å². The molecule has 88 valence electrons. The van der Waals surface area contributed by atoms with Crippen molar-refractivity contribution in [2.45, 2.75) is 0 Å². The van der Waals surface area contributed by atoms with Crippen molar-refractivity contribution in [1.82, 2.24) is 0 Å². The Morgan fingerprint density at radius 1 is 1.35 bits per heavy atom. The SMILES string of the molecule is O=C(O)/C=C\C(=O)Nc1cccc([N+](=O)[O-])c1. The standard InChI is InChI=1S/C10H8N2O5/c13-9(4-5-10(14)15)11-7-2-1-3-8(6-7)12(16)17/h1-6H,(H,11,13)(H,14,15)/b5-4-. The van der Waals surface area contributed by atoms with Crippen molar-refractivity contribution in [2.75, 3.05) is 5.32 Å². The number of anilines is 1. The van der Waals surface area contributed by atoms with E-state index in [2.05, 4.69) is 5.32 Å². The molecule has 0 fully saturated rings. The van der Waals surface area contributed by atoms with Crippen LogP contribution in [0.5, 0.6) is 0 Å². The molecule has 1 aromatic rings. The van der Waals surface area contributed by atoms with Gasteiger partial charge >= 0.3 is 5.97 Å². The van der Waals surface area contributed by atoms with E-state index in [1.807, 2.05) is 0 Å². The normalized spacial score (nSPS) is 10.1. The quantitative estimate of drug-likeness (QED) is 0.463. The van der Waals surface area contributed by atoms with E-state index in [9.17, 15) is 19.7 Å². The molecule has 0 saturated carbocycles. The summed E-state index contributed by atoms with van der Waals surface area (Å²) in [6.45, 7) is 0. The van der Waals surface area contributed by atoms with Crippen molar-refractivity contribution in [3.05, 3.63) is 46.5 Å². The van der Waals surface area contributed by atoms with Gasteiger partial charge < -0.3 is 10.4 Å². The zero-order valence-electron chi connectivity index (χ0n) is 8.49. The van der Waals surface area contributed by atoms with Crippen LogP contribution in [0.15, 0.2) is 36.4 Å². The van der Waals surface area contributed by atoms with Crippen molar-refractivity contribution in [3.8, 4) is 0 Å². The third kappa shape index (κ3) is 4.12. The molecule has 0 atom stereocenters. The summed E-state index contributed by atoms with van der Waals surface area (Å²) in [5.74, 6) is -1.92. The number of carbonyl (C=O) groups excluding carboxylic acids is 1. The topological polar surface area (TPSA) is 110 Å². The van der Waals surface area contributed by atoms with Crippen molar-refractivity contribution in [1.29, 1.82) is 0 Å². The second kappa shape index (κ2) is 5.40. The van der Waals surface area contributed by atoms with Crippen molar-refractivity contribution in [2.24, 2.45) is 0 Å². The van der Waals surface area contributed by atoms with Crippen LogP contribution in [0.25, 0.3) is 0 Å². The van der Waals surface area contributed by atoms with Crippen LogP contribution in [0.1, 0.15) is 0 Å². The van der Waals surface area contributed by atoms with Gasteiger partial charge in [0.2, 0.25) is 5.91 Å². The lowest BCUT2D eigenvalue weighted by atomic mass is 10.3. The molecular weight excluding hydrogens is 228 g/mol. The lowest BCUT2D eigenvalue weighted by molar-refractivity contribution is -0.384. The molecule has 0 bridgehead atoms. The molecule has 0 heterocycles. The molecule has 0 aliphatic rings. The predicted molar refractivity (Wildman–Crippen MR) is 58.5 cm³/mol. The Bertz CT molecular complexity index is 495. The summed E-state index contributed by atoms with van der Waals surface area (Å²) in [5.41, 5.74) is 0.0595. The molecule has 0 aliphatic heterocycles. The van der Waals surface area contributed by atoms with Crippen LogP contribution in [-0.2, 0) is 9.59 Å². The lowest BCUT2D eigenvalue weighted by Crippen LogP contribution is -2.08. The van der Waals surface area contributed by atoms with Gasteiger partial charge in [0.1, 0.15) is 0 Å². The monoisotopic (exact) mass is 236 g/mol. The van der Waals surface area contributed by atoms with Crippen LogP contribution in [-0.4, -0.2) is 21.9 Å². The fraction of sp³-hybridized carbons (Fsp3) is 0. The first-order chi connectivity index (χ1) is 7.99. The minimum absolute atomic E-state index is 0.162. The number of amides is 1. The highest BCUT2D eigenvalue weighted by Crippen LogP contribution is 2.16. The summed E-state index contributed by atoms with van der Waals surface area (Å²) >= 11 is 0. The average Bonchev–Trinajstić information content (AvgIpc) is 2.26. The molecule has 1 amide bonds. The first-order valence-corrected chi connectivity index (χ1v) is 4.45. The Hall–Kier alpha value is -2.70. The van der Waals surface area contributed by atoms with E-state index in [1.54, 1.807) is 0 Å². The molecule has 0 spiro atoms. The molecular formula is C10H8N2O5. The predicted octanol–water partition coefficient (Wildman–Crippen LogP) is 1.17. The van der Waals surface area contributed by atoms with Gasteiger partial charge in [0.05, 0.1) is 4.92 Å². The number of nitrogens with zero attached hydrogens (tertiary/aromatic N) is 1. The Balaban J connectivity index is 2.75. The number of hydrogen-bond acceptors (Lipinski definition) is 4. The average molecular weight is 236 g/mol. The van der Waals surface area contributed by atoms with Gasteiger partial charge in [-0.15, -0.1) is 0 Å². The number of rotatable bonds is 4. The second-order valence-electron chi connectivity index (χ2n) is 2.97. The molecule has 0 saturated heterocycles. The molecule has 17 heavy (non-hydrogen) atoms. The first kappa shape index (κ1) is 12.4. The highest BCUT2D eigenvalue weighted by atomic mass is 16.6. The molecule has 7 heteroatoms. The van der Waals surface area contributed by atoms with Gasteiger partial charge in [0.15, 0.2) is 0 Å². The van der Waals surface area contributed by atoms with E-state index < -0.39 is 16.8 Å². The summed E-state index contributed by atoms with van der Waals surface area (Å²) in [4.78, 5) is 31.2. The zero-order valence-corrected chi connectivity index (χ0v) is 8.49. The summed E-state index contributed by atoms with van der Waals surface area (Å²) in [6, 6.07) is 5.32. The van der Waals surface area contributed by atoms with Crippen LogP contribution in [0, 0.1) is 10.1 Å². The molecule has 7 nitrogen and oxygen atoms in total. The third-order valence-corrected chi connectivity index (χ3v) is 1.70. The molecule has 1 aromatic carbocycles. The van der Waals surface area contributed by atoms with Gasteiger partial charge in [-0.05, 0) is 6.07 Å². The van der Waals surface area contributed by atoms with E-state index in [-0.39, 0.29) is 11.4 Å². The third-order valence-electron chi connectivity index (χ3n) is 1.70. The lowest BCUT2D eigenvalue weighted by Gasteiger charge is -2.00. The molecule has 0 radical (unpaired) electrons. The molecule has 0 unspecified atom stereocenters. The van der Waals surface area contributed by atoms with E-state index in [1.165, 1.54) is 24.3 Å². The van der Waals surface area contributed by atoms with E-state index >= 15 is 0 Å². The van der Waals surface area contributed by atoms with Gasteiger partial charge in [-0.3, -0.25) is 14.9 Å². The summed E-state index contributed by atoms with van der Waals surface area (Å²) in [7, 11) is 0. The fourth-order valence-corrected chi connectivity index (χ4v) is 1.03. The number of non-ortho nitro benzene ring substituents is 1. The number of carbonyl (C=O) groups is 2. The Morgan fingerprint density at radius 2 is 2.06 bits per heavy atom. The Kier molecular flexibility index (Phi) is 3.93. The Morgan fingerprint density at radius 3 is 2.65 bits per heavy atom. The largest absolute Gasteiger partial charge is 0.478 e. The summed E-state index contributed by atoms with van der Waals surface area (Å²) < 4.78 is 0. The molecule has 1 rings (SSSR count). The highest BCUT2D eigenvalue weighted by molar-refractivity contribution is 6.02. The number of aliphatic carboxylic acids is 1. The summed E-state index contributed by atoms with van der Waals surface area (Å²) in [6.07, 6.45) is 1.49. The number of nitro groups is 1. The highest BCUT2D eigenvalue weighted by Gasteiger charge is 2.06. The second-order valence-corrected chi connectivity index (χ2v) is 2.97. The van der Waals surface area contributed by atoms with Crippen LogP contribution >= 0.6 is 0 Å². The van der Waals surface area contributed by atoms with E-state index in [0.717, 1.165) is 6.08 Å². The number of hydrogen-bond donors (Lipinski definition) is 2. The molecule has 0 aliphatic carbocycles. The number of benzene rings is 1. The zero-order chi connectivity index (χ0) is 12.8. The maximum Gasteiger partial charge on any atom is 0.328 e. The van der Waals surface area contributed by atoms with Gasteiger partial charge in [-0.2, -0.15) is 0 Å². The minimum atomic E-state index is -1.25. The van der Waals surface area contributed by atoms with Gasteiger partial charge in [0, 0.05) is 30.0 Å². The van der Waals surface area contributed by atoms with E-state index in [4.69, 9.17) is 5.11 Å². The van der Waals surface area contributed by atoms with Crippen LogP contribution in [0.3, 0.4) is 0 Å². The molecule has 2 N–H and O–H groups in total. The smallest absolute Gasteiger partial charge is 0.328 e. The fourth-order valence-electron chi connectivity index (χ4n) is 1.03. The number of carboxylic acids is 1. The summed E-state index contributed by atoms with van der Waals surface area (Å²) in [5, 5.41) is 21.0. The number of carboxylic acid groups (broad SMARTS) is 1. The van der Waals surface area contributed by atoms with Crippen molar-refractivity contribution >= 4 is 23.3 Å². The van der Waals surface area contributed by atoms with Crippen LogP contribution < -0.4 is 5.32 Å². The minimum Gasteiger partial charge on any atom is -0.478 e. The molecule has 0 aromatic heterocycles. The van der Waals surface area contributed by atoms with Crippen molar-refractivity contribution in [3.63, 3.8) is 0 Å². The van der Waals surface area contributed by atoms with Gasteiger partial charge in [-0.25, -0.2) is 4.79 Å². The maximum atomic E-state index is 11.2.